The molecule has 6 heteroatoms. The molecule has 3 aromatic carbocycles. The van der Waals surface area contributed by atoms with Gasteiger partial charge in [-0.3, -0.25) is 4.90 Å². The highest BCUT2D eigenvalue weighted by Crippen LogP contribution is 2.26. The molecular weight excluding hydrogens is 422 g/mol. The van der Waals surface area contributed by atoms with Crippen molar-refractivity contribution in [1.29, 1.82) is 0 Å². The van der Waals surface area contributed by atoms with Crippen LogP contribution in [0.5, 0.6) is 0 Å². The Hall–Kier alpha value is -3.15. The van der Waals surface area contributed by atoms with Crippen molar-refractivity contribution in [2.45, 2.75) is 6.54 Å². The first-order valence-corrected chi connectivity index (χ1v) is 11.0. The maximum absolute atomic E-state index is 11.8. The zero-order valence-corrected chi connectivity index (χ0v) is 18.8. The molecule has 32 heavy (non-hydrogen) atoms. The average molecular weight is 448 g/mol. The monoisotopic (exact) mass is 447 g/mol. The Morgan fingerprint density at radius 1 is 0.875 bits per heavy atom. The van der Waals surface area contributed by atoms with E-state index in [1.165, 1.54) is 12.7 Å². The number of hydrogen-bond acceptors (Lipinski definition) is 4. The van der Waals surface area contributed by atoms with Gasteiger partial charge in [0, 0.05) is 38.3 Å². The maximum atomic E-state index is 11.8. The van der Waals surface area contributed by atoms with Gasteiger partial charge in [-0.15, -0.1) is 0 Å². The second-order valence-electron chi connectivity index (χ2n) is 7.70. The number of piperazine rings is 1. The van der Waals surface area contributed by atoms with Crippen LogP contribution in [0.4, 0.5) is 5.69 Å². The van der Waals surface area contributed by atoms with Crippen molar-refractivity contribution in [2.24, 2.45) is 4.99 Å². The van der Waals surface area contributed by atoms with Gasteiger partial charge >= 0.3 is 5.97 Å². The lowest BCUT2D eigenvalue weighted by atomic mass is 10.1. The number of rotatable bonds is 5. The smallest absolute Gasteiger partial charge is 0.337 e. The summed E-state index contributed by atoms with van der Waals surface area (Å²) in [6.07, 6.45) is 0. The quantitative estimate of drug-likeness (QED) is 0.313. The van der Waals surface area contributed by atoms with E-state index in [9.17, 15) is 4.79 Å². The van der Waals surface area contributed by atoms with E-state index in [2.05, 4.69) is 34.1 Å². The predicted molar refractivity (Wildman–Crippen MR) is 129 cm³/mol. The number of para-hydroxylation sites is 1. The first-order valence-electron chi connectivity index (χ1n) is 10.7. The number of esters is 1. The van der Waals surface area contributed by atoms with Gasteiger partial charge in [0.1, 0.15) is 5.84 Å². The minimum atomic E-state index is -0.351. The van der Waals surface area contributed by atoms with E-state index in [0.29, 0.717) is 10.6 Å². The van der Waals surface area contributed by atoms with Crippen molar-refractivity contribution in [3.63, 3.8) is 0 Å². The van der Waals surface area contributed by atoms with Gasteiger partial charge in [-0.25, -0.2) is 9.79 Å². The summed E-state index contributed by atoms with van der Waals surface area (Å²) in [5.74, 6) is 0.504. The molecule has 0 saturated carbocycles. The number of hydrogen-bond donors (Lipinski definition) is 0. The molecule has 1 aliphatic rings. The molecule has 4 rings (SSSR count). The van der Waals surface area contributed by atoms with Crippen LogP contribution in [0.1, 0.15) is 21.5 Å². The molecule has 0 aromatic heterocycles. The Balaban J connectivity index is 1.56. The highest BCUT2D eigenvalue weighted by molar-refractivity contribution is 6.33. The number of amidine groups is 1. The third-order valence-corrected chi connectivity index (χ3v) is 5.88. The zero-order valence-electron chi connectivity index (χ0n) is 18.1. The summed E-state index contributed by atoms with van der Waals surface area (Å²) in [5.41, 5.74) is 3.51. The molecule has 0 unspecified atom stereocenters. The van der Waals surface area contributed by atoms with Gasteiger partial charge in [0.25, 0.3) is 0 Å². The zero-order chi connectivity index (χ0) is 22.3. The molecule has 0 radical (unpaired) electrons. The van der Waals surface area contributed by atoms with Crippen LogP contribution in [0.15, 0.2) is 83.9 Å². The number of benzene rings is 3. The standard InChI is InChI=1S/C26H26ClN3O2/c1-32-26(31)22-13-11-21(12-14-22)25(28-24-10-6-5-9-23(24)27)30-17-15-29(16-18-30)19-20-7-3-2-4-8-20/h2-14H,15-19H2,1H3. The number of halogens is 1. The number of ether oxygens (including phenoxy) is 1. The SMILES string of the molecule is COC(=O)c1ccc(C(=Nc2ccccc2Cl)N2CCN(Cc3ccccc3)CC2)cc1. The van der Waals surface area contributed by atoms with Gasteiger partial charge in [0.15, 0.2) is 0 Å². The van der Waals surface area contributed by atoms with Crippen LogP contribution in [0.2, 0.25) is 5.02 Å². The van der Waals surface area contributed by atoms with E-state index in [0.717, 1.165) is 49.8 Å². The molecular formula is C26H26ClN3O2. The van der Waals surface area contributed by atoms with Crippen molar-refractivity contribution in [2.75, 3.05) is 33.3 Å². The number of carbonyl (C=O) groups is 1. The average Bonchev–Trinajstić information content (AvgIpc) is 2.84. The summed E-state index contributed by atoms with van der Waals surface area (Å²) >= 11 is 6.40. The van der Waals surface area contributed by atoms with Gasteiger partial charge in [0.05, 0.1) is 23.4 Å². The first-order chi connectivity index (χ1) is 15.6. The molecule has 0 spiro atoms. The minimum Gasteiger partial charge on any atom is -0.465 e. The second kappa shape index (κ2) is 10.4. The molecule has 164 valence electrons. The van der Waals surface area contributed by atoms with E-state index in [1.807, 2.05) is 42.5 Å². The summed E-state index contributed by atoms with van der Waals surface area (Å²) < 4.78 is 4.82. The largest absolute Gasteiger partial charge is 0.465 e. The number of carbonyl (C=O) groups excluding carboxylic acids is 1. The van der Waals surface area contributed by atoms with E-state index < -0.39 is 0 Å². The molecule has 0 aliphatic carbocycles. The lowest BCUT2D eigenvalue weighted by molar-refractivity contribution is 0.0600. The van der Waals surface area contributed by atoms with Crippen molar-refractivity contribution in [3.05, 3.63) is 101 Å². The van der Waals surface area contributed by atoms with Crippen molar-refractivity contribution < 1.29 is 9.53 Å². The molecule has 3 aromatic rings. The van der Waals surface area contributed by atoms with E-state index in [4.69, 9.17) is 21.3 Å². The molecule has 0 bridgehead atoms. The summed E-state index contributed by atoms with van der Waals surface area (Å²) in [7, 11) is 1.38. The number of nitrogens with zero attached hydrogens (tertiary/aromatic N) is 3. The van der Waals surface area contributed by atoms with E-state index in [1.54, 1.807) is 12.1 Å². The number of aliphatic imine (C=N–C) groups is 1. The molecule has 0 atom stereocenters. The van der Waals surface area contributed by atoms with Gasteiger partial charge in [-0.1, -0.05) is 66.2 Å². The van der Waals surface area contributed by atoms with Gasteiger partial charge in [-0.2, -0.15) is 0 Å². The summed E-state index contributed by atoms with van der Waals surface area (Å²) in [5, 5.41) is 0.610. The molecule has 1 saturated heterocycles. The van der Waals surface area contributed by atoms with Crippen LogP contribution in [0.25, 0.3) is 0 Å². The fraction of sp³-hybridized carbons (Fsp3) is 0.231. The molecule has 0 N–H and O–H groups in total. The summed E-state index contributed by atoms with van der Waals surface area (Å²) in [6.45, 7) is 4.54. The van der Waals surface area contributed by atoms with Crippen molar-refractivity contribution in [1.82, 2.24) is 9.80 Å². The lowest BCUT2D eigenvalue weighted by Gasteiger charge is -2.36. The maximum Gasteiger partial charge on any atom is 0.337 e. The predicted octanol–water partition coefficient (Wildman–Crippen LogP) is 5.02. The minimum absolute atomic E-state index is 0.351. The van der Waals surface area contributed by atoms with Gasteiger partial charge in [-0.05, 0) is 29.8 Å². The Kier molecular flexibility index (Phi) is 7.20. The first kappa shape index (κ1) is 22.1. The molecule has 1 aliphatic heterocycles. The lowest BCUT2D eigenvalue weighted by Crippen LogP contribution is -2.48. The normalized spacial score (nSPS) is 14.9. The Bertz CT molecular complexity index is 1080. The van der Waals surface area contributed by atoms with Crippen molar-refractivity contribution >= 4 is 29.1 Å². The molecule has 0 amide bonds. The van der Waals surface area contributed by atoms with E-state index in [-0.39, 0.29) is 5.97 Å². The Morgan fingerprint density at radius 2 is 1.50 bits per heavy atom. The fourth-order valence-corrected chi connectivity index (χ4v) is 3.98. The topological polar surface area (TPSA) is 45.1 Å². The van der Waals surface area contributed by atoms with Gasteiger partial charge < -0.3 is 9.64 Å². The van der Waals surface area contributed by atoms with Crippen LogP contribution in [0.3, 0.4) is 0 Å². The summed E-state index contributed by atoms with van der Waals surface area (Å²) in [6, 6.07) is 25.5. The third-order valence-electron chi connectivity index (χ3n) is 5.56. The van der Waals surface area contributed by atoms with Crippen LogP contribution in [0, 0.1) is 0 Å². The molecule has 1 fully saturated rings. The van der Waals surface area contributed by atoms with Crippen LogP contribution < -0.4 is 0 Å². The van der Waals surface area contributed by atoms with E-state index >= 15 is 0 Å². The van der Waals surface area contributed by atoms with Gasteiger partial charge in [0.2, 0.25) is 0 Å². The molecule has 5 nitrogen and oxygen atoms in total. The molecule has 1 heterocycles. The Morgan fingerprint density at radius 3 is 2.16 bits per heavy atom. The van der Waals surface area contributed by atoms with Crippen LogP contribution >= 0.6 is 11.6 Å². The number of methoxy groups -OCH3 is 1. The van der Waals surface area contributed by atoms with Crippen LogP contribution in [-0.4, -0.2) is 54.9 Å². The van der Waals surface area contributed by atoms with Crippen LogP contribution in [-0.2, 0) is 11.3 Å². The Labute approximate surface area is 193 Å². The highest BCUT2D eigenvalue weighted by Gasteiger charge is 2.22. The third kappa shape index (κ3) is 5.36. The van der Waals surface area contributed by atoms with Crippen molar-refractivity contribution in [3.8, 4) is 0 Å². The fourth-order valence-electron chi connectivity index (χ4n) is 3.81. The second-order valence-corrected chi connectivity index (χ2v) is 8.11. The summed E-state index contributed by atoms with van der Waals surface area (Å²) in [4.78, 5) is 21.5. The highest BCUT2D eigenvalue weighted by atomic mass is 35.5.